The first-order chi connectivity index (χ1) is 13.4. The number of pyridine rings is 2. The van der Waals surface area contributed by atoms with Crippen LogP contribution >= 0.6 is 0 Å². The van der Waals surface area contributed by atoms with E-state index < -0.39 is 11.0 Å². The summed E-state index contributed by atoms with van der Waals surface area (Å²) in [7, 11) is 1.35. The molecule has 2 heterocycles. The molecule has 0 radical (unpaired) electrons. The summed E-state index contributed by atoms with van der Waals surface area (Å²) < 4.78 is 31.5. The lowest BCUT2D eigenvalue weighted by molar-refractivity contribution is -0.143. The van der Waals surface area contributed by atoms with E-state index in [9.17, 15) is 13.6 Å². The summed E-state index contributed by atoms with van der Waals surface area (Å²) in [4.78, 5) is 19.4. The summed E-state index contributed by atoms with van der Waals surface area (Å²) in [5.41, 5.74) is 5.85. The van der Waals surface area contributed by atoms with Gasteiger partial charge >= 0.3 is 5.97 Å². The van der Waals surface area contributed by atoms with Crippen molar-refractivity contribution < 1.29 is 18.3 Å². The molecule has 0 amide bonds. The molecule has 0 bridgehead atoms. The number of halogens is 2. The van der Waals surface area contributed by atoms with E-state index in [4.69, 9.17) is 5.73 Å². The lowest BCUT2D eigenvalue weighted by Gasteiger charge is -2.40. The highest BCUT2D eigenvalue weighted by Gasteiger charge is 2.43. The van der Waals surface area contributed by atoms with Crippen LogP contribution in [0.25, 0.3) is 0 Å². The zero-order valence-corrected chi connectivity index (χ0v) is 16.0. The first kappa shape index (κ1) is 20.3. The number of rotatable bonds is 4. The average molecular weight is 389 g/mol. The Hall–Kier alpha value is -2.41. The van der Waals surface area contributed by atoms with Crippen LogP contribution in [0.3, 0.4) is 0 Å². The molecule has 28 heavy (non-hydrogen) atoms. The van der Waals surface area contributed by atoms with Crippen molar-refractivity contribution in [1.82, 2.24) is 9.97 Å². The molecule has 0 unspecified atom stereocenters. The van der Waals surface area contributed by atoms with E-state index in [0.717, 1.165) is 38.5 Å². The van der Waals surface area contributed by atoms with Crippen LogP contribution in [0.5, 0.6) is 0 Å². The summed E-state index contributed by atoms with van der Waals surface area (Å²) in [6.07, 6.45) is 8.76. The molecule has 0 aromatic carbocycles. The van der Waals surface area contributed by atoms with Gasteiger partial charge < -0.3 is 10.5 Å². The number of methoxy groups -OCH3 is 1. The summed E-state index contributed by atoms with van der Waals surface area (Å²) in [6.45, 7) is 0. The SMILES string of the molecule is COC(=O)CC1(c2ncccc2F)CCC1.NC1(c2ncccc2F)CCC1. The van der Waals surface area contributed by atoms with Gasteiger partial charge in [0.25, 0.3) is 0 Å². The lowest BCUT2D eigenvalue weighted by atomic mass is 9.64. The number of carbonyl (C=O) groups excluding carboxylic acids is 1. The second-order valence-corrected chi connectivity index (χ2v) is 7.56. The van der Waals surface area contributed by atoms with E-state index >= 15 is 0 Å². The molecule has 2 fully saturated rings. The molecule has 2 saturated carbocycles. The molecular formula is C21H25F2N3O2. The Morgan fingerprint density at radius 2 is 1.57 bits per heavy atom. The first-order valence-corrected chi connectivity index (χ1v) is 9.48. The second kappa shape index (κ2) is 8.31. The number of hydrogen-bond donors (Lipinski definition) is 1. The third kappa shape index (κ3) is 4.04. The van der Waals surface area contributed by atoms with Crippen molar-refractivity contribution in [2.24, 2.45) is 5.73 Å². The van der Waals surface area contributed by atoms with Gasteiger partial charge in [0.2, 0.25) is 0 Å². The maximum Gasteiger partial charge on any atom is 0.306 e. The molecule has 0 aliphatic heterocycles. The van der Waals surface area contributed by atoms with Crippen molar-refractivity contribution in [3.63, 3.8) is 0 Å². The van der Waals surface area contributed by atoms with E-state index in [0.29, 0.717) is 11.4 Å². The van der Waals surface area contributed by atoms with Crippen molar-refractivity contribution in [2.45, 2.75) is 55.9 Å². The summed E-state index contributed by atoms with van der Waals surface area (Å²) in [5.74, 6) is -0.907. The summed E-state index contributed by atoms with van der Waals surface area (Å²) in [6, 6.07) is 5.94. The molecule has 2 aliphatic rings. The Bertz CT molecular complexity index is 836. The molecule has 2 aliphatic carbocycles. The standard InChI is InChI=1S/C12H14FNO2.C9H11FN2/c1-16-10(15)8-12(5-3-6-12)11-9(13)4-2-7-14-11;10-7-3-1-6-12-8(7)9(11)4-2-5-9/h2,4,7H,3,5-6,8H2,1H3;1,3,6H,2,4-5,11H2. The zero-order valence-electron chi connectivity index (χ0n) is 16.0. The van der Waals surface area contributed by atoms with Crippen LogP contribution in [0.15, 0.2) is 36.7 Å². The predicted octanol–water partition coefficient (Wildman–Crippen LogP) is 3.76. The van der Waals surface area contributed by atoms with Gasteiger partial charge in [0, 0.05) is 17.8 Å². The van der Waals surface area contributed by atoms with Crippen molar-refractivity contribution in [1.29, 1.82) is 0 Å². The van der Waals surface area contributed by atoms with Gasteiger partial charge in [-0.15, -0.1) is 0 Å². The summed E-state index contributed by atoms with van der Waals surface area (Å²) >= 11 is 0. The first-order valence-electron chi connectivity index (χ1n) is 9.48. The molecule has 2 aromatic heterocycles. The van der Waals surface area contributed by atoms with E-state index in [2.05, 4.69) is 14.7 Å². The number of nitrogens with zero attached hydrogens (tertiary/aromatic N) is 2. The van der Waals surface area contributed by atoms with Crippen LogP contribution in [0.4, 0.5) is 8.78 Å². The van der Waals surface area contributed by atoms with Crippen molar-refractivity contribution in [2.75, 3.05) is 7.11 Å². The normalized spacial score (nSPS) is 18.7. The molecule has 5 nitrogen and oxygen atoms in total. The Morgan fingerprint density at radius 1 is 1.04 bits per heavy atom. The third-order valence-electron chi connectivity index (χ3n) is 5.76. The monoisotopic (exact) mass is 389 g/mol. The Kier molecular flexibility index (Phi) is 6.03. The van der Waals surface area contributed by atoms with Gasteiger partial charge in [0.15, 0.2) is 0 Å². The fourth-order valence-corrected chi connectivity index (χ4v) is 3.77. The van der Waals surface area contributed by atoms with Gasteiger partial charge in [-0.2, -0.15) is 0 Å². The number of esters is 1. The molecule has 2 aromatic rings. The number of carbonyl (C=O) groups is 1. The number of nitrogens with two attached hydrogens (primary N) is 1. The van der Waals surface area contributed by atoms with Crippen molar-refractivity contribution in [3.05, 3.63) is 59.7 Å². The minimum Gasteiger partial charge on any atom is -0.469 e. The second-order valence-electron chi connectivity index (χ2n) is 7.56. The van der Waals surface area contributed by atoms with E-state index in [-0.39, 0.29) is 24.0 Å². The van der Waals surface area contributed by atoms with Gasteiger partial charge in [0.05, 0.1) is 30.5 Å². The topological polar surface area (TPSA) is 78.1 Å². The van der Waals surface area contributed by atoms with Crippen LogP contribution in [0.2, 0.25) is 0 Å². The minimum absolute atomic E-state index is 0.220. The molecule has 4 rings (SSSR count). The molecule has 0 atom stereocenters. The summed E-state index contributed by atoms with van der Waals surface area (Å²) in [5, 5.41) is 0. The maximum atomic E-state index is 13.6. The van der Waals surface area contributed by atoms with Gasteiger partial charge in [-0.3, -0.25) is 14.8 Å². The molecule has 150 valence electrons. The third-order valence-corrected chi connectivity index (χ3v) is 5.76. The highest BCUT2D eigenvalue weighted by molar-refractivity contribution is 5.71. The minimum atomic E-state index is -0.481. The van der Waals surface area contributed by atoms with Gasteiger partial charge in [-0.1, -0.05) is 6.42 Å². The van der Waals surface area contributed by atoms with Gasteiger partial charge in [-0.05, 0) is 56.4 Å². The smallest absolute Gasteiger partial charge is 0.306 e. The maximum absolute atomic E-state index is 13.6. The average Bonchev–Trinajstić information content (AvgIpc) is 2.64. The van der Waals surface area contributed by atoms with E-state index in [1.54, 1.807) is 24.5 Å². The van der Waals surface area contributed by atoms with Crippen LogP contribution in [-0.4, -0.2) is 23.0 Å². The Balaban J connectivity index is 0.000000167. The highest BCUT2D eigenvalue weighted by atomic mass is 19.1. The number of ether oxygens (including phenoxy) is 1. The molecule has 2 N–H and O–H groups in total. The lowest BCUT2D eigenvalue weighted by Crippen LogP contribution is -2.44. The van der Waals surface area contributed by atoms with E-state index in [1.165, 1.54) is 19.2 Å². The van der Waals surface area contributed by atoms with Gasteiger partial charge in [0.1, 0.15) is 11.6 Å². The van der Waals surface area contributed by atoms with E-state index in [1.807, 2.05) is 0 Å². The molecule has 0 spiro atoms. The quantitative estimate of drug-likeness (QED) is 0.806. The van der Waals surface area contributed by atoms with Crippen molar-refractivity contribution >= 4 is 5.97 Å². The predicted molar refractivity (Wildman–Crippen MR) is 100 cm³/mol. The van der Waals surface area contributed by atoms with Crippen LogP contribution in [0.1, 0.15) is 56.3 Å². The fourth-order valence-electron chi connectivity index (χ4n) is 3.77. The Morgan fingerprint density at radius 3 is 1.96 bits per heavy atom. The fraction of sp³-hybridized carbons (Fsp3) is 0.476. The molecular weight excluding hydrogens is 364 g/mol. The largest absolute Gasteiger partial charge is 0.469 e. The number of aromatic nitrogens is 2. The van der Waals surface area contributed by atoms with Crippen LogP contribution in [-0.2, 0) is 20.5 Å². The zero-order chi connectivity index (χ0) is 20.2. The number of hydrogen-bond acceptors (Lipinski definition) is 5. The van der Waals surface area contributed by atoms with Crippen molar-refractivity contribution in [3.8, 4) is 0 Å². The van der Waals surface area contributed by atoms with Gasteiger partial charge in [-0.25, -0.2) is 8.78 Å². The van der Waals surface area contributed by atoms with Crippen LogP contribution in [0, 0.1) is 11.6 Å². The molecule has 0 saturated heterocycles. The van der Waals surface area contributed by atoms with Crippen LogP contribution < -0.4 is 5.73 Å². The molecule has 7 heteroatoms. The highest BCUT2D eigenvalue weighted by Crippen LogP contribution is 2.46. The Labute approximate surface area is 163 Å².